The third kappa shape index (κ3) is 3.21. The Balaban J connectivity index is 1.67. The Labute approximate surface area is 135 Å². The number of hydrogen-bond acceptors (Lipinski definition) is 4. The largest absolute Gasteiger partial charge is 0.373 e. The predicted molar refractivity (Wildman–Crippen MR) is 85.5 cm³/mol. The Morgan fingerprint density at radius 1 is 1.22 bits per heavy atom. The second-order valence-electron chi connectivity index (χ2n) is 6.00. The Morgan fingerprint density at radius 3 is 2.70 bits per heavy atom. The summed E-state index contributed by atoms with van der Waals surface area (Å²) in [7, 11) is 0. The van der Waals surface area contributed by atoms with Gasteiger partial charge in [0.15, 0.2) is 0 Å². The van der Waals surface area contributed by atoms with Crippen LogP contribution in [0.25, 0.3) is 0 Å². The van der Waals surface area contributed by atoms with E-state index in [2.05, 4.69) is 5.32 Å². The molecule has 23 heavy (non-hydrogen) atoms. The summed E-state index contributed by atoms with van der Waals surface area (Å²) >= 11 is 0. The molecule has 0 saturated carbocycles. The van der Waals surface area contributed by atoms with Gasteiger partial charge in [0.05, 0.1) is 6.42 Å². The van der Waals surface area contributed by atoms with E-state index in [9.17, 15) is 14.4 Å². The number of imide groups is 1. The Kier molecular flexibility index (Phi) is 4.32. The molecule has 6 nitrogen and oxygen atoms in total. The molecule has 2 aliphatic rings. The average Bonchev–Trinajstić information content (AvgIpc) is 3.04. The Hall–Kier alpha value is -2.37. The minimum atomic E-state index is -0.494. The third-order valence-electron chi connectivity index (χ3n) is 4.37. The van der Waals surface area contributed by atoms with E-state index in [4.69, 9.17) is 0 Å². The minimum Gasteiger partial charge on any atom is -0.373 e. The molecule has 3 amide bonds. The zero-order valence-corrected chi connectivity index (χ0v) is 13.2. The lowest BCUT2D eigenvalue weighted by Crippen LogP contribution is -2.34. The van der Waals surface area contributed by atoms with Crippen LogP contribution in [0.1, 0.15) is 31.7 Å². The van der Waals surface area contributed by atoms with Crippen LogP contribution in [0.4, 0.5) is 5.69 Å². The fourth-order valence-electron chi connectivity index (χ4n) is 3.18. The topological polar surface area (TPSA) is 69.7 Å². The number of nitrogens with one attached hydrogen (secondary N) is 1. The van der Waals surface area contributed by atoms with Gasteiger partial charge in [0.1, 0.15) is 6.04 Å². The monoisotopic (exact) mass is 315 g/mol. The van der Waals surface area contributed by atoms with Crippen LogP contribution in [-0.2, 0) is 20.9 Å². The maximum Gasteiger partial charge on any atom is 0.252 e. The van der Waals surface area contributed by atoms with Gasteiger partial charge in [-0.2, -0.15) is 0 Å². The van der Waals surface area contributed by atoms with Crippen LogP contribution in [0.15, 0.2) is 24.3 Å². The minimum absolute atomic E-state index is 0.131. The van der Waals surface area contributed by atoms with Crippen molar-refractivity contribution in [1.29, 1.82) is 0 Å². The number of carbonyl (C=O) groups excluding carboxylic acids is 3. The molecule has 2 fully saturated rings. The van der Waals surface area contributed by atoms with Crippen molar-refractivity contribution in [1.82, 2.24) is 9.80 Å². The van der Waals surface area contributed by atoms with Gasteiger partial charge in [0.2, 0.25) is 11.8 Å². The molecule has 0 spiro atoms. The first-order chi connectivity index (χ1) is 11.1. The quantitative estimate of drug-likeness (QED) is 0.833. The first-order valence-corrected chi connectivity index (χ1v) is 8.06. The number of likely N-dealkylation sites (N-methyl/N-ethyl adjacent to an activating group) is 1. The Bertz CT molecular complexity index is 644. The summed E-state index contributed by atoms with van der Waals surface area (Å²) in [4.78, 5) is 38.8. The van der Waals surface area contributed by atoms with Gasteiger partial charge in [-0.15, -0.1) is 0 Å². The maximum atomic E-state index is 12.1. The van der Waals surface area contributed by atoms with Crippen LogP contribution in [0.2, 0.25) is 0 Å². The fourth-order valence-corrected chi connectivity index (χ4v) is 3.18. The van der Waals surface area contributed by atoms with Crippen LogP contribution in [0, 0.1) is 0 Å². The molecule has 1 aromatic rings. The summed E-state index contributed by atoms with van der Waals surface area (Å²) in [6, 6.07) is 7.19. The summed E-state index contributed by atoms with van der Waals surface area (Å²) in [5.41, 5.74) is 1.83. The van der Waals surface area contributed by atoms with Gasteiger partial charge in [-0.05, 0) is 31.0 Å². The second-order valence-corrected chi connectivity index (χ2v) is 6.00. The fraction of sp³-hybridized carbons (Fsp3) is 0.471. The lowest BCUT2D eigenvalue weighted by Gasteiger charge is -2.17. The van der Waals surface area contributed by atoms with Gasteiger partial charge in [-0.25, -0.2) is 0 Å². The van der Waals surface area contributed by atoms with Crippen LogP contribution in [0.5, 0.6) is 0 Å². The van der Waals surface area contributed by atoms with Crippen LogP contribution in [0.3, 0.4) is 0 Å². The number of amides is 3. The molecular weight excluding hydrogens is 294 g/mol. The molecule has 0 aromatic heterocycles. The van der Waals surface area contributed by atoms with Crippen molar-refractivity contribution < 1.29 is 14.4 Å². The van der Waals surface area contributed by atoms with Gasteiger partial charge in [-0.1, -0.05) is 12.1 Å². The smallest absolute Gasteiger partial charge is 0.252 e. The van der Waals surface area contributed by atoms with Crippen molar-refractivity contribution in [3.63, 3.8) is 0 Å². The highest BCUT2D eigenvalue weighted by Gasteiger charge is 2.37. The molecule has 0 radical (unpaired) electrons. The number of nitrogens with zero attached hydrogens (tertiary/aromatic N) is 2. The molecule has 0 bridgehead atoms. The zero-order chi connectivity index (χ0) is 16.4. The van der Waals surface area contributed by atoms with E-state index in [0.717, 1.165) is 24.2 Å². The SMILES string of the molecule is CCN1C(=O)C[C@H](Nc2cccc(CN3CCCC3=O)c2)C1=O. The third-order valence-corrected chi connectivity index (χ3v) is 4.37. The number of likely N-dealkylation sites (tertiary alicyclic amines) is 2. The molecule has 2 heterocycles. The van der Waals surface area contributed by atoms with Gasteiger partial charge in [-0.3, -0.25) is 19.3 Å². The first kappa shape index (κ1) is 15.5. The molecule has 1 N–H and O–H groups in total. The van der Waals surface area contributed by atoms with E-state index in [1.807, 2.05) is 29.2 Å². The van der Waals surface area contributed by atoms with Crippen molar-refractivity contribution >= 4 is 23.4 Å². The summed E-state index contributed by atoms with van der Waals surface area (Å²) in [6.45, 7) is 3.60. The lowest BCUT2D eigenvalue weighted by atomic mass is 10.1. The molecule has 1 atom stereocenters. The highest BCUT2D eigenvalue weighted by Crippen LogP contribution is 2.21. The zero-order valence-electron chi connectivity index (χ0n) is 13.2. The molecule has 2 saturated heterocycles. The molecule has 0 aliphatic carbocycles. The van der Waals surface area contributed by atoms with E-state index in [1.54, 1.807) is 6.92 Å². The maximum absolute atomic E-state index is 12.1. The average molecular weight is 315 g/mol. The molecule has 2 aliphatic heterocycles. The number of anilines is 1. The van der Waals surface area contributed by atoms with Crippen LogP contribution < -0.4 is 5.32 Å². The van der Waals surface area contributed by atoms with E-state index >= 15 is 0 Å². The highest BCUT2D eigenvalue weighted by atomic mass is 16.2. The number of carbonyl (C=O) groups is 3. The van der Waals surface area contributed by atoms with Crippen LogP contribution in [-0.4, -0.2) is 46.7 Å². The number of rotatable bonds is 5. The molecule has 6 heteroatoms. The van der Waals surface area contributed by atoms with Crippen molar-refractivity contribution in [2.75, 3.05) is 18.4 Å². The molecule has 0 unspecified atom stereocenters. The summed E-state index contributed by atoms with van der Waals surface area (Å²) in [5, 5.41) is 3.15. The van der Waals surface area contributed by atoms with Gasteiger partial charge in [0, 0.05) is 31.7 Å². The molecule has 1 aromatic carbocycles. The summed E-state index contributed by atoms with van der Waals surface area (Å²) in [6.07, 6.45) is 1.74. The van der Waals surface area contributed by atoms with Gasteiger partial charge >= 0.3 is 0 Å². The first-order valence-electron chi connectivity index (χ1n) is 8.06. The summed E-state index contributed by atoms with van der Waals surface area (Å²) in [5.74, 6) is -0.107. The Morgan fingerprint density at radius 2 is 2.04 bits per heavy atom. The molecular formula is C17H21N3O3. The predicted octanol–water partition coefficient (Wildman–Crippen LogP) is 1.37. The molecule has 122 valence electrons. The van der Waals surface area contributed by atoms with E-state index in [0.29, 0.717) is 19.5 Å². The van der Waals surface area contributed by atoms with Crippen molar-refractivity contribution in [2.45, 2.75) is 38.8 Å². The van der Waals surface area contributed by atoms with Crippen LogP contribution >= 0.6 is 0 Å². The van der Waals surface area contributed by atoms with E-state index < -0.39 is 6.04 Å². The standard InChI is InChI=1S/C17H21N3O3/c1-2-20-16(22)10-14(17(20)23)18-13-6-3-5-12(9-13)11-19-8-4-7-15(19)21/h3,5-6,9,14,18H,2,4,7-8,10-11H2,1H3/t14-/m0/s1. The van der Waals surface area contributed by atoms with Gasteiger partial charge in [0.25, 0.3) is 5.91 Å². The van der Waals surface area contributed by atoms with Gasteiger partial charge < -0.3 is 10.2 Å². The number of hydrogen-bond donors (Lipinski definition) is 1. The normalized spacial score (nSPS) is 21.4. The number of benzene rings is 1. The van der Waals surface area contributed by atoms with E-state index in [1.165, 1.54) is 4.90 Å². The second kappa shape index (κ2) is 6.40. The molecule has 3 rings (SSSR count). The summed E-state index contributed by atoms with van der Waals surface area (Å²) < 4.78 is 0. The van der Waals surface area contributed by atoms with Crippen molar-refractivity contribution in [3.8, 4) is 0 Å². The van der Waals surface area contributed by atoms with Crippen molar-refractivity contribution in [3.05, 3.63) is 29.8 Å². The highest BCUT2D eigenvalue weighted by molar-refractivity contribution is 6.06. The lowest BCUT2D eigenvalue weighted by molar-refractivity contribution is -0.138. The van der Waals surface area contributed by atoms with E-state index in [-0.39, 0.29) is 24.1 Å². The van der Waals surface area contributed by atoms with Crippen molar-refractivity contribution in [2.24, 2.45) is 0 Å².